The zero-order valence-corrected chi connectivity index (χ0v) is 8.43. The quantitative estimate of drug-likeness (QED) is 0.550. The highest BCUT2D eigenvalue weighted by Crippen LogP contribution is 2.11. The van der Waals surface area contributed by atoms with Crippen molar-refractivity contribution >= 4 is 23.4 Å². The Kier molecular flexibility index (Phi) is 3.64. The Labute approximate surface area is 81.1 Å². The summed E-state index contributed by atoms with van der Waals surface area (Å²) in [7, 11) is 0. The zero-order chi connectivity index (χ0) is 9.68. The van der Waals surface area contributed by atoms with Crippen LogP contribution >= 0.6 is 11.3 Å². The van der Waals surface area contributed by atoms with Crippen molar-refractivity contribution in [1.29, 1.82) is 0 Å². The third kappa shape index (κ3) is 2.99. The van der Waals surface area contributed by atoms with Gasteiger partial charge < -0.3 is 4.74 Å². The van der Waals surface area contributed by atoms with Crippen LogP contribution in [0.1, 0.15) is 18.7 Å². The van der Waals surface area contributed by atoms with Gasteiger partial charge in [-0.1, -0.05) is 0 Å². The van der Waals surface area contributed by atoms with Crippen LogP contribution < -0.4 is 0 Å². The highest BCUT2D eigenvalue weighted by Gasteiger charge is 2.04. The summed E-state index contributed by atoms with van der Waals surface area (Å²) >= 11 is 1.49. The summed E-state index contributed by atoms with van der Waals surface area (Å²) in [5.74, 6) is -0.268. The standard InChI is InChI=1S/C9H11NO2S/c1-3-12-9(11)7(2)4-8-5-10-6-13-8/h4-6H,3H2,1-2H3/b7-4-. The molecule has 0 spiro atoms. The summed E-state index contributed by atoms with van der Waals surface area (Å²) in [6, 6.07) is 0. The van der Waals surface area contributed by atoms with E-state index in [2.05, 4.69) is 4.98 Å². The molecule has 13 heavy (non-hydrogen) atoms. The van der Waals surface area contributed by atoms with Crippen LogP contribution in [0.2, 0.25) is 0 Å². The van der Waals surface area contributed by atoms with E-state index < -0.39 is 0 Å². The minimum atomic E-state index is -0.268. The molecule has 0 aliphatic heterocycles. The number of ether oxygens (including phenoxy) is 1. The lowest BCUT2D eigenvalue weighted by atomic mass is 10.3. The van der Waals surface area contributed by atoms with E-state index in [-0.39, 0.29) is 5.97 Å². The van der Waals surface area contributed by atoms with Gasteiger partial charge in [0.1, 0.15) is 0 Å². The Morgan fingerprint density at radius 1 is 1.77 bits per heavy atom. The first-order valence-electron chi connectivity index (χ1n) is 3.98. The van der Waals surface area contributed by atoms with Crippen LogP contribution in [0.3, 0.4) is 0 Å². The number of carbonyl (C=O) groups excluding carboxylic acids is 1. The molecule has 70 valence electrons. The lowest BCUT2D eigenvalue weighted by Crippen LogP contribution is -2.04. The minimum absolute atomic E-state index is 0.268. The zero-order valence-electron chi connectivity index (χ0n) is 7.61. The molecule has 1 rings (SSSR count). The molecule has 0 atom stereocenters. The molecule has 0 N–H and O–H groups in total. The Morgan fingerprint density at radius 2 is 2.54 bits per heavy atom. The Hall–Kier alpha value is -1.16. The van der Waals surface area contributed by atoms with E-state index in [4.69, 9.17) is 4.74 Å². The van der Waals surface area contributed by atoms with Crippen molar-refractivity contribution in [2.24, 2.45) is 0 Å². The first-order valence-corrected chi connectivity index (χ1v) is 4.86. The molecule has 0 aliphatic rings. The van der Waals surface area contributed by atoms with E-state index in [1.54, 1.807) is 31.6 Å². The largest absolute Gasteiger partial charge is 0.463 e. The van der Waals surface area contributed by atoms with Crippen LogP contribution in [0.25, 0.3) is 6.08 Å². The molecule has 0 amide bonds. The fourth-order valence-corrected chi connectivity index (χ4v) is 1.42. The van der Waals surface area contributed by atoms with Crippen LogP contribution in [-0.2, 0) is 9.53 Å². The third-order valence-corrected chi connectivity index (χ3v) is 2.13. The maximum Gasteiger partial charge on any atom is 0.333 e. The molecule has 0 saturated carbocycles. The van der Waals surface area contributed by atoms with Gasteiger partial charge >= 0.3 is 5.97 Å². The van der Waals surface area contributed by atoms with Gasteiger partial charge in [0.25, 0.3) is 0 Å². The van der Waals surface area contributed by atoms with Crippen LogP contribution in [0.5, 0.6) is 0 Å². The Bertz CT molecular complexity index is 303. The first-order chi connectivity index (χ1) is 6.24. The van der Waals surface area contributed by atoms with Gasteiger partial charge in [0.2, 0.25) is 0 Å². The van der Waals surface area contributed by atoms with E-state index in [0.717, 1.165) is 4.88 Å². The van der Waals surface area contributed by atoms with E-state index in [9.17, 15) is 4.79 Å². The number of nitrogens with zero attached hydrogens (tertiary/aromatic N) is 1. The van der Waals surface area contributed by atoms with E-state index >= 15 is 0 Å². The number of esters is 1. The van der Waals surface area contributed by atoms with Gasteiger partial charge in [-0.25, -0.2) is 4.79 Å². The monoisotopic (exact) mass is 197 g/mol. The predicted octanol–water partition coefficient (Wildman–Crippen LogP) is 2.11. The second-order valence-electron chi connectivity index (χ2n) is 2.45. The van der Waals surface area contributed by atoms with Crippen molar-refractivity contribution in [3.8, 4) is 0 Å². The van der Waals surface area contributed by atoms with Crippen LogP contribution in [0.4, 0.5) is 0 Å². The summed E-state index contributed by atoms with van der Waals surface area (Å²) in [6.07, 6.45) is 3.49. The molecule has 0 aromatic carbocycles. The smallest absolute Gasteiger partial charge is 0.333 e. The SMILES string of the molecule is CCOC(=O)/C(C)=C\c1cncs1. The van der Waals surface area contributed by atoms with Gasteiger partial charge in [-0.3, -0.25) is 4.98 Å². The molecule has 1 aromatic heterocycles. The number of carbonyl (C=O) groups is 1. The highest BCUT2D eigenvalue weighted by molar-refractivity contribution is 7.10. The maximum atomic E-state index is 11.2. The Morgan fingerprint density at radius 3 is 3.08 bits per heavy atom. The molecule has 3 nitrogen and oxygen atoms in total. The summed E-state index contributed by atoms with van der Waals surface area (Å²) < 4.78 is 4.83. The molecule has 1 heterocycles. The van der Waals surface area contributed by atoms with E-state index in [1.165, 1.54) is 11.3 Å². The van der Waals surface area contributed by atoms with Crippen molar-refractivity contribution < 1.29 is 9.53 Å². The van der Waals surface area contributed by atoms with Crippen LogP contribution in [-0.4, -0.2) is 17.6 Å². The van der Waals surface area contributed by atoms with Crippen molar-refractivity contribution in [3.05, 3.63) is 22.2 Å². The molecular weight excluding hydrogens is 186 g/mol. The molecule has 0 saturated heterocycles. The number of aromatic nitrogens is 1. The lowest BCUT2D eigenvalue weighted by molar-refractivity contribution is -0.138. The summed E-state index contributed by atoms with van der Waals surface area (Å²) in [6.45, 7) is 3.93. The highest BCUT2D eigenvalue weighted by atomic mass is 32.1. The topological polar surface area (TPSA) is 39.2 Å². The number of thiazole rings is 1. The molecule has 1 aromatic rings. The van der Waals surface area contributed by atoms with Gasteiger partial charge in [0.05, 0.1) is 12.1 Å². The van der Waals surface area contributed by atoms with Crippen LogP contribution in [0.15, 0.2) is 17.3 Å². The summed E-state index contributed by atoms with van der Waals surface area (Å²) in [4.78, 5) is 16.0. The fraction of sp³-hybridized carbons (Fsp3) is 0.333. The number of rotatable bonds is 3. The van der Waals surface area contributed by atoms with Gasteiger partial charge in [-0.05, 0) is 19.9 Å². The molecule has 0 radical (unpaired) electrons. The molecule has 0 bridgehead atoms. The van der Waals surface area contributed by atoms with E-state index in [0.29, 0.717) is 12.2 Å². The first kappa shape index (κ1) is 9.92. The van der Waals surface area contributed by atoms with Crippen molar-refractivity contribution in [3.63, 3.8) is 0 Å². The average molecular weight is 197 g/mol. The second-order valence-corrected chi connectivity index (χ2v) is 3.37. The molecule has 0 aliphatic carbocycles. The second kappa shape index (κ2) is 4.77. The van der Waals surface area contributed by atoms with Crippen molar-refractivity contribution in [2.75, 3.05) is 6.61 Å². The van der Waals surface area contributed by atoms with Crippen molar-refractivity contribution in [2.45, 2.75) is 13.8 Å². The predicted molar refractivity (Wildman–Crippen MR) is 52.4 cm³/mol. The van der Waals surface area contributed by atoms with Gasteiger partial charge in [-0.2, -0.15) is 0 Å². The number of hydrogen-bond acceptors (Lipinski definition) is 4. The molecule has 0 unspecified atom stereocenters. The summed E-state index contributed by atoms with van der Waals surface area (Å²) in [5, 5.41) is 0. The maximum absolute atomic E-state index is 11.2. The van der Waals surface area contributed by atoms with Crippen LogP contribution in [0, 0.1) is 0 Å². The van der Waals surface area contributed by atoms with Gasteiger partial charge in [0, 0.05) is 16.6 Å². The number of hydrogen-bond donors (Lipinski definition) is 0. The molecular formula is C9H11NO2S. The summed E-state index contributed by atoms with van der Waals surface area (Å²) in [5.41, 5.74) is 2.33. The third-order valence-electron chi connectivity index (χ3n) is 1.41. The van der Waals surface area contributed by atoms with Gasteiger partial charge in [0.15, 0.2) is 0 Å². The van der Waals surface area contributed by atoms with E-state index in [1.807, 2.05) is 0 Å². The fourth-order valence-electron chi connectivity index (χ4n) is 0.814. The Balaban J connectivity index is 2.66. The van der Waals surface area contributed by atoms with Gasteiger partial charge in [-0.15, -0.1) is 11.3 Å². The van der Waals surface area contributed by atoms with Crippen molar-refractivity contribution in [1.82, 2.24) is 4.98 Å². The average Bonchev–Trinajstić information content (AvgIpc) is 2.57. The minimum Gasteiger partial charge on any atom is -0.463 e. The lowest BCUT2D eigenvalue weighted by Gasteiger charge is -1.99. The normalized spacial score (nSPS) is 11.4. The molecule has 4 heteroatoms. The molecule has 0 fully saturated rings.